The lowest BCUT2D eigenvalue weighted by atomic mass is 10.1. The van der Waals surface area contributed by atoms with Gasteiger partial charge in [0.25, 0.3) is 0 Å². The normalized spacial score (nSPS) is 11.1. The van der Waals surface area contributed by atoms with E-state index >= 15 is 0 Å². The molecular formula is C24H17F3N4O3. The Balaban J connectivity index is 0.000000344. The van der Waals surface area contributed by atoms with Gasteiger partial charge in [-0.25, -0.2) is 14.8 Å². The van der Waals surface area contributed by atoms with Gasteiger partial charge in [-0.15, -0.1) is 0 Å². The van der Waals surface area contributed by atoms with E-state index < -0.39 is 12.1 Å². The predicted octanol–water partition coefficient (Wildman–Crippen LogP) is 6.00. The smallest absolute Gasteiger partial charge is 0.475 e. The minimum atomic E-state index is -5.08. The second-order valence-electron chi connectivity index (χ2n) is 7.12. The third-order valence-electron chi connectivity index (χ3n) is 4.75. The third-order valence-corrected chi connectivity index (χ3v) is 4.75. The highest BCUT2D eigenvalue weighted by atomic mass is 19.4. The van der Waals surface area contributed by atoms with Crippen molar-refractivity contribution < 1.29 is 27.5 Å². The van der Waals surface area contributed by atoms with Gasteiger partial charge in [-0.2, -0.15) is 13.2 Å². The molecule has 3 aromatic carbocycles. The summed E-state index contributed by atoms with van der Waals surface area (Å²) >= 11 is 0. The number of furan rings is 1. The van der Waals surface area contributed by atoms with E-state index in [9.17, 15) is 13.2 Å². The second kappa shape index (κ2) is 9.10. The van der Waals surface area contributed by atoms with Crippen LogP contribution in [0.5, 0.6) is 0 Å². The summed E-state index contributed by atoms with van der Waals surface area (Å²) in [4.78, 5) is 17.7. The fourth-order valence-electron chi connectivity index (χ4n) is 3.29. The lowest BCUT2D eigenvalue weighted by Gasteiger charge is -2.08. The Hall–Kier alpha value is -4.60. The number of fused-ring (bicyclic) bond motifs is 3. The maximum Gasteiger partial charge on any atom is 0.490 e. The quantitative estimate of drug-likeness (QED) is 0.279. The molecule has 34 heavy (non-hydrogen) atoms. The first-order chi connectivity index (χ1) is 16.2. The van der Waals surface area contributed by atoms with E-state index in [1.165, 1.54) is 0 Å². The zero-order valence-corrected chi connectivity index (χ0v) is 17.4. The number of hydrogen-bond acceptors (Lipinski definition) is 6. The van der Waals surface area contributed by atoms with Crippen LogP contribution in [0.4, 0.5) is 30.4 Å². The molecule has 5 rings (SSSR count). The first kappa shape index (κ1) is 22.6. The van der Waals surface area contributed by atoms with E-state index in [1.807, 2.05) is 60.7 Å². The van der Waals surface area contributed by atoms with Crippen molar-refractivity contribution >= 4 is 45.1 Å². The van der Waals surface area contributed by atoms with E-state index in [0.29, 0.717) is 11.5 Å². The average Bonchev–Trinajstić information content (AvgIpc) is 3.18. The summed E-state index contributed by atoms with van der Waals surface area (Å²) < 4.78 is 37.9. The molecule has 10 heteroatoms. The predicted molar refractivity (Wildman–Crippen MR) is 123 cm³/mol. The molecule has 0 aliphatic carbocycles. The van der Waals surface area contributed by atoms with Crippen LogP contribution in [0.15, 0.2) is 83.5 Å². The maximum absolute atomic E-state index is 10.6. The fraction of sp³-hybridized carbons (Fsp3) is 0.0417. The number of alkyl halides is 3. The minimum Gasteiger partial charge on any atom is -0.475 e. The highest BCUT2D eigenvalue weighted by Gasteiger charge is 2.38. The van der Waals surface area contributed by atoms with Crippen LogP contribution in [0, 0.1) is 0 Å². The van der Waals surface area contributed by atoms with E-state index in [2.05, 4.69) is 27.4 Å². The van der Waals surface area contributed by atoms with Crippen LogP contribution >= 0.6 is 0 Å². The van der Waals surface area contributed by atoms with Gasteiger partial charge in [0, 0.05) is 33.8 Å². The molecule has 4 N–H and O–H groups in total. The summed E-state index contributed by atoms with van der Waals surface area (Å²) in [6.07, 6.45) is -3.54. The largest absolute Gasteiger partial charge is 0.490 e. The van der Waals surface area contributed by atoms with Gasteiger partial charge in [-0.1, -0.05) is 36.4 Å². The Morgan fingerprint density at radius 3 is 2.38 bits per heavy atom. The Bertz CT molecular complexity index is 1480. The molecule has 0 bridgehead atoms. The van der Waals surface area contributed by atoms with Gasteiger partial charge >= 0.3 is 12.1 Å². The van der Waals surface area contributed by atoms with Gasteiger partial charge in [0.15, 0.2) is 0 Å². The lowest BCUT2D eigenvalue weighted by molar-refractivity contribution is -0.192. The van der Waals surface area contributed by atoms with E-state index in [-0.39, 0.29) is 0 Å². The molecule has 0 aliphatic rings. The van der Waals surface area contributed by atoms with Crippen molar-refractivity contribution in [2.75, 3.05) is 11.1 Å². The van der Waals surface area contributed by atoms with Crippen molar-refractivity contribution in [1.82, 2.24) is 9.97 Å². The zero-order valence-electron chi connectivity index (χ0n) is 17.4. The fourth-order valence-corrected chi connectivity index (χ4v) is 3.29. The summed E-state index contributed by atoms with van der Waals surface area (Å²) in [5.41, 5.74) is 10.8. The molecule has 0 aliphatic heterocycles. The Labute approximate surface area is 190 Å². The molecule has 7 nitrogen and oxygen atoms in total. The van der Waals surface area contributed by atoms with Crippen molar-refractivity contribution in [2.24, 2.45) is 0 Å². The monoisotopic (exact) mass is 466 g/mol. The Morgan fingerprint density at radius 2 is 1.65 bits per heavy atom. The molecule has 0 atom stereocenters. The van der Waals surface area contributed by atoms with Gasteiger partial charge in [-0.3, -0.25) is 0 Å². The van der Waals surface area contributed by atoms with Crippen molar-refractivity contribution in [1.29, 1.82) is 0 Å². The molecule has 0 radical (unpaired) electrons. The number of aliphatic carboxylic acids is 1. The van der Waals surface area contributed by atoms with E-state index in [4.69, 9.17) is 20.1 Å². The summed E-state index contributed by atoms with van der Waals surface area (Å²) in [5, 5.41) is 12.6. The number of nitrogen functional groups attached to an aromatic ring is 1. The summed E-state index contributed by atoms with van der Waals surface area (Å²) in [7, 11) is 0. The number of carboxylic acid groups (broad SMARTS) is 1. The molecule has 172 valence electrons. The molecule has 0 unspecified atom stereocenters. The first-order valence-electron chi connectivity index (χ1n) is 9.88. The van der Waals surface area contributed by atoms with Crippen LogP contribution in [0.2, 0.25) is 0 Å². The van der Waals surface area contributed by atoms with Gasteiger partial charge in [0.2, 0.25) is 0 Å². The van der Waals surface area contributed by atoms with Crippen molar-refractivity contribution in [3.63, 3.8) is 0 Å². The van der Waals surface area contributed by atoms with Crippen LogP contribution in [0.25, 0.3) is 33.2 Å². The Kier molecular flexibility index (Phi) is 6.05. The topological polar surface area (TPSA) is 114 Å². The van der Waals surface area contributed by atoms with Gasteiger partial charge in [0.1, 0.15) is 23.3 Å². The van der Waals surface area contributed by atoms with E-state index in [0.717, 1.165) is 38.9 Å². The highest BCUT2D eigenvalue weighted by molar-refractivity contribution is 6.09. The number of hydrogen-bond donors (Lipinski definition) is 3. The number of carboxylic acids is 1. The SMILES string of the molecule is Nc1cccc(Nc2cc(-c3cccc4c3oc3ccccc34)ncn2)c1.O=C(O)C(F)(F)F. The number of nitrogens with zero attached hydrogens (tertiary/aromatic N) is 2. The summed E-state index contributed by atoms with van der Waals surface area (Å²) in [6.45, 7) is 0. The zero-order chi connectivity index (χ0) is 24.3. The van der Waals surface area contributed by atoms with Gasteiger partial charge in [0.05, 0.1) is 5.69 Å². The number of anilines is 3. The number of nitrogens with one attached hydrogen (secondary N) is 1. The number of halogens is 3. The summed E-state index contributed by atoms with van der Waals surface area (Å²) in [6, 6.07) is 23.6. The van der Waals surface area contributed by atoms with Crippen LogP contribution in [-0.4, -0.2) is 27.2 Å². The maximum atomic E-state index is 10.6. The number of carbonyl (C=O) groups is 1. The van der Waals surface area contributed by atoms with Crippen molar-refractivity contribution in [3.8, 4) is 11.3 Å². The third kappa shape index (κ3) is 4.90. The molecule has 2 heterocycles. The van der Waals surface area contributed by atoms with Gasteiger partial charge in [-0.05, 0) is 30.3 Å². The average molecular weight is 466 g/mol. The molecule has 5 aromatic rings. The molecule has 0 saturated heterocycles. The van der Waals surface area contributed by atoms with Crippen LogP contribution in [0.3, 0.4) is 0 Å². The van der Waals surface area contributed by atoms with E-state index in [1.54, 1.807) is 6.33 Å². The number of nitrogens with two attached hydrogens (primary N) is 1. The first-order valence-corrected chi connectivity index (χ1v) is 9.88. The van der Waals surface area contributed by atoms with Crippen molar-refractivity contribution in [3.05, 3.63) is 79.1 Å². The summed E-state index contributed by atoms with van der Waals surface area (Å²) in [5.74, 6) is -2.06. The highest BCUT2D eigenvalue weighted by Crippen LogP contribution is 2.35. The number of benzene rings is 3. The van der Waals surface area contributed by atoms with Crippen LogP contribution in [-0.2, 0) is 4.79 Å². The molecule has 0 spiro atoms. The van der Waals surface area contributed by atoms with Gasteiger partial charge < -0.3 is 20.6 Å². The van der Waals surface area contributed by atoms with Crippen molar-refractivity contribution in [2.45, 2.75) is 6.18 Å². The lowest BCUT2D eigenvalue weighted by Crippen LogP contribution is -2.21. The van der Waals surface area contributed by atoms with Crippen LogP contribution < -0.4 is 11.1 Å². The number of rotatable bonds is 3. The molecule has 0 saturated carbocycles. The number of para-hydroxylation sites is 2. The second-order valence-corrected chi connectivity index (χ2v) is 7.12. The van der Waals surface area contributed by atoms with Crippen LogP contribution in [0.1, 0.15) is 0 Å². The minimum absolute atomic E-state index is 0.693. The Morgan fingerprint density at radius 1 is 0.941 bits per heavy atom. The molecule has 2 aromatic heterocycles. The number of aromatic nitrogens is 2. The molecular weight excluding hydrogens is 449 g/mol. The standard InChI is InChI=1S/C22H16N4O.C2HF3O2/c23-14-5-3-6-15(11-14)26-21-12-19(24-13-25-21)18-9-4-8-17-16-7-1-2-10-20(16)27-22(17)18;3-2(4,5)1(6)7/h1-13H,23H2,(H,24,25,26);(H,6,7). The molecule has 0 fully saturated rings. The molecule has 0 amide bonds.